The molecule has 0 unspecified atom stereocenters. The summed E-state index contributed by atoms with van der Waals surface area (Å²) >= 11 is 3.37. The van der Waals surface area contributed by atoms with Gasteiger partial charge in [-0.15, -0.1) is 0 Å². The summed E-state index contributed by atoms with van der Waals surface area (Å²) in [5, 5.41) is 16.2. The van der Waals surface area contributed by atoms with E-state index in [1.165, 1.54) is 24.1 Å². The summed E-state index contributed by atoms with van der Waals surface area (Å²) < 4.78 is 12.6. The molecular weight excluding hydrogens is 468 g/mol. The molecular formula is C21H21BrN4O5. The maximum absolute atomic E-state index is 13.1. The van der Waals surface area contributed by atoms with Crippen LogP contribution < -0.4 is 15.0 Å². The average molecular weight is 489 g/mol. The number of nitro groups is 1. The molecule has 3 rings (SSSR count). The lowest BCUT2D eigenvalue weighted by molar-refractivity contribution is -0.385. The zero-order chi connectivity index (χ0) is 22.5. The predicted molar refractivity (Wildman–Crippen MR) is 122 cm³/mol. The first-order valence-corrected chi connectivity index (χ1v) is 10.4. The number of fused-ring (bicyclic) bond motifs is 1. The van der Waals surface area contributed by atoms with Gasteiger partial charge in [-0.05, 0) is 37.6 Å². The molecule has 9 nitrogen and oxygen atoms in total. The number of halogens is 1. The largest absolute Gasteiger partial charge is 0.490 e. The van der Waals surface area contributed by atoms with Crippen LogP contribution in [0.1, 0.15) is 31.7 Å². The van der Waals surface area contributed by atoms with Gasteiger partial charge in [0.25, 0.3) is 5.56 Å². The minimum Gasteiger partial charge on any atom is -0.490 e. The van der Waals surface area contributed by atoms with E-state index in [-0.39, 0.29) is 22.7 Å². The van der Waals surface area contributed by atoms with Crippen molar-refractivity contribution in [3.05, 3.63) is 66.7 Å². The summed E-state index contributed by atoms with van der Waals surface area (Å²) in [6, 6.07) is 8.19. The highest BCUT2D eigenvalue weighted by Crippen LogP contribution is 2.37. The Kier molecular flexibility index (Phi) is 7.01. The molecule has 0 radical (unpaired) electrons. The SMILES string of the molecule is CCCc1nc2ccc(Br)cc2c(=O)n1N=Cc1cc(OCC)c(OC)c([N+](=O)[O-])c1. The number of rotatable bonds is 8. The summed E-state index contributed by atoms with van der Waals surface area (Å²) in [6.07, 6.45) is 2.69. The molecule has 0 saturated heterocycles. The zero-order valence-electron chi connectivity index (χ0n) is 17.3. The van der Waals surface area contributed by atoms with E-state index in [4.69, 9.17) is 9.47 Å². The lowest BCUT2D eigenvalue weighted by atomic mass is 10.2. The Hall–Kier alpha value is -3.27. The van der Waals surface area contributed by atoms with Crippen molar-refractivity contribution in [2.24, 2.45) is 5.10 Å². The van der Waals surface area contributed by atoms with E-state index in [0.717, 1.165) is 10.9 Å². The molecule has 0 fully saturated rings. The molecule has 3 aromatic rings. The van der Waals surface area contributed by atoms with E-state index in [2.05, 4.69) is 26.0 Å². The highest BCUT2D eigenvalue weighted by atomic mass is 79.9. The molecule has 0 spiro atoms. The van der Waals surface area contributed by atoms with Crippen molar-refractivity contribution in [2.45, 2.75) is 26.7 Å². The minimum absolute atomic E-state index is 0.0325. The van der Waals surface area contributed by atoms with Crippen LogP contribution in [0.2, 0.25) is 0 Å². The highest BCUT2D eigenvalue weighted by molar-refractivity contribution is 9.10. The van der Waals surface area contributed by atoms with Gasteiger partial charge in [-0.2, -0.15) is 9.78 Å². The molecule has 10 heteroatoms. The number of ether oxygens (including phenoxy) is 2. The van der Waals surface area contributed by atoms with E-state index >= 15 is 0 Å². The van der Waals surface area contributed by atoms with Crippen LogP contribution in [0, 0.1) is 10.1 Å². The van der Waals surface area contributed by atoms with E-state index in [1.54, 1.807) is 25.1 Å². The van der Waals surface area contributed by atoms with Crippen LogP contribution in [0.4, 0.5) is 5.69 Å². The van der Waals surface area contributed by atoms with Gasteiger partial charge in [-0.3, -0.25) is 14.9 Å². The van der Waals surface area contributed by atoms with Crippen molar-refractivity contribution in [1.29, 1.82) is 0 Å². The Morgan fingerprint density at radius 2 is 2.06 bits per heavy atom. The fourth-order valence-corrected chi connectivity index (χ4v) is 3.47. The number of hydrogen-bond acceptors (Lipinski definition) is 7. The van der Waals surface area contributed by atoms with Crippen LogP contribution in [-0.4, -0.2) is 34.5 Å². The number of methoxy groups -OCH3 is 1. The number of benzene rings is 2. The zero-order valence-corrected chi connectivity index (χ0v) is 18.9. The van der Waals surface area contributed by atoms with E-state index < -0.39 is 4.92 Å². The molecule has 0 N–H and O–H groups in total. The van der Waals surface area contributed by atoms with Crippen molar-refractivity contribution < 1.29 is 14.4 Å². The number of hydrogen-bond donors (Lipinski definition) is 0. The molecule has 1 aromatic heterocycles. The van der Waals surface area contributed by atoms with Crippen LogP contribution in [-0.2, 0) is 6.42 Å². The molecule has 0 amide bonds. The molecule has 162 valence electrons. The Morgan fingerprint density at radius 3 is 2.71 bits per heavy atom. The standard InChI is InChI=1S/C21H21BrN4O5/c1-4-6-19-24-16-8-7-14(22)11-15(16)21(27)25(19)23-12-13-9-17(26(28)29)20(30-3)18(10-13)31-5-2/h7-12H,4-6H2,1-3H3. The third-order valence-corrected chi connectivity index (χ3v) is 4.92. The highest BCUT2D eigenvalue weighted by Gasteiger charge is 2.21. The van der Waals surface area contributed by atoms with Gasteiger partial charge in [0.2, 0.25) is 5.75 Å². The van der Waals surface area contributed by atoms with Crippen molar-refractivity contribution in [1.82, 2.24) is 9.66 Å². The van der Waals surface area contributed by atoms with Crippen molar-refractivity contribution >= 4 is 38.7 Å². The topological polar surface area (TPSA) is 109 Å². The normalized spacial score (nSPS) is 11.2. The van der Waals surface area contributed by atoms with Gasteiger partial charge >= 0.3 is 5.69 Å². The second-order valence-corrected chi connectivity index (χ2v) is 7.48. The molecule has 1 heterocycles. The van der Waals surface area contributed by atoms with Crippen molar-refractivity contribution in [3.8, 4) is 11.5 Å². The lowest BCUT2D eigenvalue weighted by Crippen LogP contribution is -2.22. The third-order valence-electron chi connectivity index (χ3n) is 4.43. The van der Waals surface area contributed by atoms with E-state index in [0.29, 0.717) is 35.3 Å². The average Bonchev–Trinajstić information content (AvgIpc) is 2.74. The Bertz CT molecular complexity index is 1220. The van der Waals surface area contributed by atoms with Crippen LogP contribution in [0.25, 0.3) is 10.9 Å². The van der Waals surface area contributed by atoms with Crippen LogP contribution in [0.3, 0.4) is 0 Å². The van der Waals surface area contributed by atoms with Gasteiger partial charge < -0.3 is 9.47 Å². The molecule has 0 atom stereocenters. The molecule has 2 aromatic carbocycles. The van der Waals surface area contributed by atoms with Gasteiger partial charge in [-0.1, -0.05) is 22.9 Å². The summed E-state index contributed by atoms with van der Waals surface area (Å²) in [7, 11) is 1.34. The predicted octanol–water partition coefficient (Wildman–Crippen LogP) is 4.31. The molecule has 0 bridgehead atoms. The van der Waals surface area contributed by atoms with Gasteiger partial charge in [0.05, 0.1) is 35.8 Å². The summed E-state index contributed by atoms with van der Waals surface area (Å²) in [5.74, 6) is 0.763. The molecule has 0 saturated carbocycles. The smallest absolute Gasteiger partial charge is 0.315 e. The summed E-state index contributed by atoms with van der Waals surface area (Å²) in [5.41, 5.74) is 0.400. The maximum atomic E-state index is 13.1. The lowest BCUT2D eigenvalue weighted by Gasteiger charge is -2.11. The van der Waals surface area contributed by atoms with Gasteiger partial charge in [0.15, 0.2) is 5.75 Å². The van der Waals surface area contributed by atoms with Crippen molar-refractivity contribution in [2.75, 3.05) is 13.7 Å². The Balaban J connectivity index is 2.16. The molecule has 0 aliphatic carbocycles. The van der Waals surface area contributed by atoms with Gasteiger partial charge in [0.1, 0.15) is 5.82 Å². The summed E-state index contributed by atoms with van der Waals surface area (Å²) in [6.45, 7) is 4.05. The van der Waals surface area contributed by atoms with Crippen LogP contribution in [0.5, 0.6) is 11.5 Å². The first-order valence-electron chi connectivity index (χ1n) is 9.64. The fraction of sp³-hybridized carbons (Fsp3) is 0.286. The first kappa shape index (κ1) is 22.4. The molecule has 0 aliphatic rings. The minimum atomic E-state index is -0.553. The van der Waals surface area contributed by atoms with E-state index in [1.807, 2.05) is 13.0 Å². The Morgan fingerprint density at radius 1 is 1.29 bits per heavy atom. The molecule has 31 heavy (non-hydrogen) atoms. The quantitative estimate of drug-likeness (QED) is 0.265. The number of aryl methyl sites for hydroxylation is 1. The van der Waals surface area contributed by atoms with Gasteiger partial charge in [-0.25, -0.2) is 4.98 Å². The monoisotopic (exact) mass is 488 g/mol. The third kappa shape index (κ3) is 4.74. The first-order chi connectivity index (χ1) is 14.9. The number of aromatic nitrogens is 2. The number of nitro benzene ring substituents is 1. The second kappa shape index (κ2) is 9.69. The fourth-order valence-electron chi connectivity index (χ4n) is 3.11. The van der Waals surface area contributed by atoms with Gasteiger partial charge in [0, 0.05) is 22.5 Å². The van der Waals surface area contributed by atoms with Crippen LogP contribution >= 0.6 is 15.9 Å². The second-order valence-electron chi connectivity index (χ2n) is 6.56. The summed E-state index contributed by atoms with van der Waals surface area (Å²) in [4.78, 5) is 28.6. The van der Waals surface area contributed by atoms with E-state index in [9.17, 15) is 14.9 Å². The van der Waals surface area contributed by atoms with Crippen LogP contribution in [0.15, 0.2) is 44.7 Å². The maximum Gasteiger partial charge on any atom is 0.315 e. The van der Waals surface area contributed by atoms with Crippen molar-refractivity contribution in [3.63, 3.8) is 0 Å². The Labute approximate surface area is 186 Å². The number of nitrogens with zero attached hydrogens (tertiary/aromatic N) is 4. The molecule has 0 aliphatic heterocycles.